The smallest absolute Gasteiger partial charge is 0.157 e. The van der Waals surface area contributed by atoms with Gasteiger partial charge in [-0.15, -0.1) is 0 Å². The molecule has 3 aromatic rings. The fraction of sp³-hybridized carbons (Fsp3) is 0.214. The summed E-state index contributed by atoms with van der Waals surface area (Å²) in [7, 11) is 0. The molecule has 1 aliphatic carbocycles. The quantitative estimate of drug-likeness (QED) is 0.671. The Bertz CT molecular complexity index is 747. The number of nitrogens with zero attached hydrogens (tertiary/aromatic N) is 4. The molecule has 0 aromatic carbocycles. The van der Waals surface area contributed by atoms with E-state index >= 15 is 0 Å². The van der Waals surface area contributed by atoms with E-state index in [9.17, 15) is 0 Å². The minimum Gasteiger partial charge on any atom is -0.255 e. The van der Waals surface area contributed by atoms with Crippen molar-refractivity contribution < 1.29 is 0 Å². The Balaban J connectivity index is 1.89. The average Bonchev–Trinajstić information content (AvgIpc) is 3.20. The summed E-state index contributed by atoms with van der Waals surface area (Å²) >= 11 is 6.28. The van der Waals surface area contributed by atoms with E-state index in [-0.39, 0.29) is 0 Å². The number of halogens is 1. The molecule has 0 unspecified atom stereocenters. The van der Waals surface area contributed by atoms with Crippen LogP contribution in [0.2, 0.25) is 5.15 Å². The first kappa shape index (κ1) is 10.9. The molecule has 94 valence electrons. The van der Waals surface area contributed by atoms with E-state index in [1.807, 2.05) is 24.3 Å². The lowest BCUT2D eigenvalue weighted by Gasteiger charge is -2.02. The molecule has 1 saturated carbocycles. The molecule has 4 nitrogen and oxygen atoms in total. The lowest BCUT2D eigenvalue weighted by molar-refractivity contribution is 0.882. The summed E-state index contributed by atoms with van der Waals surface area (Å²) in [4.78, 5) is 8.89. The molecule has 5 heteroatoms. The first-order valence-electron chi connectivity index (χ1n) is 6.29. The van der Waals surface area contributed by atoms with E-state index in [0.29, 0.717) is 11.1 Å². The Labute approximate surface area is 115 Å². The summed E-state index contributed by atoms with van der Waals surface area (Å²) in [5.41, 5.74) is 3.48. The molecule has 4 rings (SSSR count). The second kappa shape index (κ2) is 4.03. The molecule has 0 bridgehead atoms. The SMILES string of the molecule is Clc1cc(-c2ccccn2)nc2cc(C3CC3)nn12. The summed E-state index contributed by atoms with van der Waals surface area (Å²) in [6.07, 6.45) is 4.18. The van der Waals surface area contributed by atoms with Crippen LogP contribution in [0.4, 0.5) is 0 Å². The van der Waals surface area contributed by atoms with Crippen LogP contribution < -0.4 is 0 Å². The van der Waals surface area contributed by atoms with Crippen LogP contribution in [-0.2, 0) is 0 Å². The van der Waals surface area contributed by atoms with Crippen LogP contribution >= 0.6 is 11.6 Å². The van der Waals surface area contributed by atoms with Gasteiger partial charge >= 0.3 is 0 Å². The van der Waals surface area contributed by atoms with E-state index in [2.05, 4.69) is 15.1 Å². The van der Waals surface area contributed by atoms with Crippen molar-refractivity contribution in [1.82, 2.24) is 19.6 Å². The Kier molecular flexibility index (Phi) is 2.32. The lowest BCUT2D eigenvalue weighted by Crippen LogP contribution is -1.95. The Morgan fingerprint density at radius 3 is 2.79 bits per heavy atom. The monoisotopic (exact) mass is 270 g/mol. The summed E-state index contributed by atoms with van der Waals surface area (Å²) in [6.45, 7) is 0. The third kappa shape index (κ3) is 1.88. The van der Waals surface area contributed by atoms with Crippen LogP contribution in [0.25, 0.3) is 17.0 Å². The summed E-state index contributed by atoms with van der Waals surface area (Å²) in [5.74, 6) is 0.594. The van der Waals surface area contributed by atoms with Gasteiger partial charge in [0.1, 0.15) is 5.15 Å². The highest BCUT2D eigenvalue weighted by atomic mass is 35.5. The molecular formula is C14H11ClN4. The maximum atomic E-state index is 6.28. The van der Waals surface area contributed by atoms with Gasteiger partial charge in [-0.05, 0) is 25.0 Å². The van der Waals surface area contributed by atoms with Crippen LogP contribution in [0.15, 0.2) is 36.5 Å². The summed E-state index contributed by atoms with van der Waals surface area (Å²) < 4.78 is 1.70. The van der Waals surface area contributed by atoms with E-state index in [4.69, 9.17) is 11.6 Å². The third-order valence-electron chi connectivity index (χ3n) is 3.33. The van der Waals surface area contributed by atoms with E-state index < -0.39 is 0 Å². The van der Waals surface area contributed by atoms with E-state index in [1.54, 1.807) is 16.8 Å². The fourth-order valence-electron chi connectivity index (χ4n) is 2.18. The van der Waals surface area contributed by atoms with Crippen LogP contribution in [0, 0.1) is 0 Å². The van der Waals surface area contributed by atoms with Gasteiger partial charge in [-0.3, -0.25) is 4.98 Å². The van der Waals surface area contributed by atoms with Gasteiger partial charge in [0, 0.05) is 24.2 Å². The maximum Gasteiger partial charge on any atom is 0.157 e. The van der Waals surface area contributed by atoms with Crippen molar-refractivity contribution in [2.75, 3.05) is 0 Å². The van der Waals surface area contributed by atoms with Crippen molar-refractivity contribution in [2.45, 2.75) is 18.8 Å². The Morgan fingerprint density at radius 2 is 2.05 bits per heavy atom. The highest BCUT2D eigenvalue weighted by Crippen LogP contribution is 2.39. The van der Waals surface area contributed by atoms with Crippen molar-refractivity contribution >= 4 is 17.2 Å². The fourth-order valence-corrected chi connectivity index (χ4v) is 2.41. The maximum absolute atomic E-state index is 6.28. The van der Waals surface area contributed by atoms with Gasteiger partial charge in [-0.25, -0.2) is 9.50 Å². The van der Waals surface area contributed by atoms with Crippen molar-refractivity contribution in [3.63, 3.8) is 0 Å². The Morgan fingerprint density at radius 1 is 1.16 bits per heavy atom. The van der Waals surface area contributed by atoms with Crippen molar-refractivity contribution in [2.24, 2.45) is 0 Å². The van der Waals surface area contributed by atoms with Gasteiger partial charge in [-0.2, -0.15) is 5.10 Å². The molecule has 1 fully saturated rings. The van der Waals surface area contributed by atoms with Crippen LogP contribution in [0.3, 0.4) is 0 Å². The van der Waals surface area contributed by atoms with Crippen molar-refractivity contribution in [3.05, 3.63) is 47.4 Å². The predicted molar refractivity (Wildman–Crippen MR) is 73.2 cm³/mol. The van der Waals surface area contributed by atoms with Crippen LogP contribution in [0.5, 0.6) is 0 Å². The number of rotatable bonds is 2. The lowest BCUT2D eigenvalue weighted by atomic mass is 10.2. The number of fused-ring (bicyclic) bond motifs is 1. The zero-order valence-electron chi connectivity index (χ0n) is 10.1. The number of hydrogen-bond donors (Lipinski definition) is 0. The third-order valence-corrected chi connectivity index (χ3v) is 3.59. The highest BCUT2D eigenvalue weighted by Gasteiger charge is 2.27. The number of hydrogen-bond acceptors (Lipinski definition) is 3. The van der Waals surface area contributed by atoms with E-state index in [1.165, 1.54) is 12.8 Å². The van der Waals surface area contributed by atoms with Gasteiger partial charge in [0.05, 0.1) is 17.1 Å². The van der Waals surface area contributed by atoms with Gasteiger partial charge in [0.15, 0.2) is 5.65 Å². The molecule has 0 spiro atoms. The second-order valence-electron chi connectivity index (χ2n) is 4.79. The first-order valence-corrected chi connectivity index (χ1v) is 6.67. The minimum atomic E-state index is 0.567. The minimum absolute atomic E-state index is 0.567. The van der Waals surface area contributed by atoms with Gasteiger partial charge in [0.2, 0.25) is 0 Å². The van der Waals surface area contributed by atoms with Gasteiger partial charge < -0.3 is 0 Å². The largest absolute Gasteiger partial charge is 0.255 e. The second-order valence-corrected chi connectivity index (χ2v) is 5.18. The zero-order chi connectivity index (χ0) is 12.8. The highest BCUT2D eigenvalue weighted by molar-refractivity contribution is 6.30. The predicted octanol–water partition coefficient (Wildman–Crippen LogP) is 3.32. The average molecular weight is 271 g/mol. The van der Waals surface area contributed by atoms with Gasteiger partial charge in [0.25, 0.3) is 0 Å². The molecule has 3 aromatic heterocycles. The molecule has 0 saturated heterocycles. The molecule has 0 atom stereocenters. The standard InChI is InChI=1S/C14H11ClN4/c15-13-7-12(10-3-1-2-6-16-10)17-14-8-11(9-4-5-9)18-19(13)14/h1-3,6-9H,4-5H2. The first-order chi connectivity index (χ1) is 9.31. The molecule has 1 aliphatic rings. The zero-order valence-corrected chi connectivity index (χ0v) is 10.9. The molecule has 0 amide bonds. The number of pyridine rings is 1. The Hall–Kier alpha value is -1.94. The molecule has 19 heavy (non-hydrogen) atoms. The van der Waals surface area contributed by atoms with Crippen LogP contribution in [0.1, 0.15) is 24.5 Å². The molecular weight excluding hydrogens is 260 g/mol. The number of aromatic nitrogens is 4. The molecule has 3 heterocycles. The normalized spacial score (nSPS) is 15.0. The van der Waals surface area contributed by atoms with Crippen molar-refractivity contribution in [1.29, 1.82) is 0 Å². The summed E-state index contributed by atoms with van der Waals surface area (Å²) in [5, 5.41) is 5.08. The topological polar surface area (TPSA) is 43.1 Å². The van der Waals surface area contributed by atoms with E-state index in [0.717, 1.165) is 22.7 Å². The van der Waals surface area contributed by atoms with Crippen molar-refractivity contribution in [3.8, 4) is 11.4 Å². The molecule has 0 radical (unpaired) electrons. The van der Waals surface area contributed by atoms with Crippen LogP contribution in [-0.4, -0.2) is 19.6 Å². The molecule has 0 aliphatic heterocycles. The summed E-state index contributed by atoms with van der Waals surface area (Å²) in [6, 6.07) is 9.58. The molecule has 0 N–H and O–H groups in total. The van der Waals surface area contributed by atoms with Gasteiger partial charge in [-0.1, -0.05) is 17.7 Å².